The first kappa shape index (κ1) is 22.3. The van der Waals surface area contributed by atoms with Gasteiger partial charge in [-0.1, -0.05) is 12.1 Å². The molecule has 0 aliphatic carbocycles. The van der Waals surface area contributed by atoms with E-state index in [-0.39, 0.29) is 30.7 Å². The van der Waals surface area contributed by atoms with E-state index in [0.29, 0.717) is 23.9 Å². The lowest BCUT2D eigenvalue weighted by molar-refractivity contribution is -0.140. The fourth-order valence-corrected chi connectivity index (χ4v) is 5.17. The number of hydrogen-bond acceptors (Lipinski definition) is 4. The lowest BCUT2D eigenvalue weighted by atomic mass is 9.75. The maximum absolute atomic E-state index is 13.0. The summed E-state index contributed by atoms with van der Waals surface area (Å²) in [6.45, 7) is 6.74. The van der Waals surface area contributed by atoms with Crippen LogP contribution in [-0.2, 0) is 4.79 Å². The summed E-state index contributed by atoms with van der Waals surface area (Å²) >= 11 is 0. The molecule has 0 spiro atoms. The molecular weight excluding hydrogens is 385 g/mol. The molecule has 0 aromatic heterocycles. The average molecular weight is 416 g/mol. The van der Waals surface area contributed by atoms with Crippen molar-refractivity contribution in [2.75, 3.05) is 26.7 Å². The second-order valence-corrected chi connectivity index (χ2v) is 8.41. The molecule has 152 valence electrons. The molecule has 3 atom stereocenters. The summed E-state index contributed by atoms with van der Waals surface area (Å²) in [6.07, 6.45) is 2.40. The number of nitrogens with zero attached hydrogens (tertiary/aromatic N) is 2. The maximum Gasteiger partial charge on any atom is 0.242 e. The van der Waals surface area contributed by atoms with E-state index in [4.69, 9.17) is 10.5 Å². The highest BCUT2D eigenvalue weighted by Crippen LogP contribution is 2.47. The van der Waals surface area contributed by atoms with Gasteiger partial charge in [0.15, 0.2) is 0 Å². The van der Waals surface area contributed by atoms with Gasteiger partial charge in [-0.05, 0) is 63.4 Å². The van der Waals surface area contributed by atoms with Crippen molar-refractivity contribution < 1.29 is 9.53 Å². The zero-order valence-electron chi connectivity index (χ0n) is 16.3. The molecule has 2 bridgehead atoms. The van der Waals surface area contributed by atoms with Gasteiger partial charge in [0.05, 0.1) is 18.7 Å². The summed E-state index contributed by atoms with van der Waals surface area (Å²) in [5.74, 6) is 1.93. The van der Waals surface area contributed by atoms with Crippen LogP contribution in [0.4, 0.5) is 0 Å². The van der Waals surface area contributed by atoms with Crippen molar-refractivity contribution in [3.63, 3.8) is 0 Å². The van der Waals surface area contributed by atoms with E-state index in [2.05, 4.69) is 21.9 Å². The Labute approximate surface area is 174 Å². The number of likely N-dealkylation sites (tertiary alicyclic amines) is 1. The molecule has 4 aliphatic rings. The van der Waals surface area contributed by atoms with Crippen LogP contribution in [-0.4, -0.2) is 60.1 Å². The van der Waals surface area contributed by atoms with Crippen molar-refractivity contribution in [2.24, 2.45) is 11.7 Å². The number of ether oxygens (including phenoxy) is 1. The zero-order valence-corrected chi connectivity index (χ0v) is 17.9. The van der Waals surface area contributed by atoms with Gasteiger partial charge in [0.25, 0.3) is 0 Å². The number of rotatable bonds is 3. The second kappa shape index (κ2) is 8.16. The Kier molecular flexibility index (Phi) is 6.73. The highest BCUT2D eigenvalue weighted by atomic mass is 35.5. The Morgan fingerprint density at radius 3 is 2.22 bits per heavy atom. The maximum atomic E-state index is 13.0. The molecule has 4 saturated heterocycles. The van der Waals surface area contributed by atoms with E-state index >= 15 is 0 Å². The number of amides is 1. The predicted octanol–water partition coefficient (Wildman–Crippen LogP) is 2.66. The third-order valence-corrected chi connectivity index (χ3v) is 6.35. The van der Waals surface area contributed by atoms with E-state index in [9.17, 15) is 4.79 Å². The van der Waals surface area contributed by atoms with Crippen molar-refractivity contribution in [3.05, 3.63) is 29.8 Å². The minimum atomic E-state index is -0.814. The smallest absolute Gasteiger partial charge is 0.242 e. The molecule has 1 aromatic rings. The number of fused-ring (bicyclic) bond motifs is 2. The minimum absolute atomic E-state index is 0. The molecule has 27 heavy (non-hydrogen) atoms. The largest absolute Gasteiger partial charge is 0.497 e. The zero-order chi connectivity index (χ0) is 17.8. The molecule has 7 heteroatoms. The standard InChI is InChI=1S/C20H29N3O2.2ClH/c1-20(2,21)19(24)23-12-16(13-4-6-15(25-3)7-5-13)18-17(23)14-8-10-22(18)11-9-14;;/h4-7,14,16-18H,8-12,21H2,1-3H3;2*1H/t16-,17+,18+;;/m0../s1. The molecule has 5 rings (SSSR count). The number of halogens is 2. The Balaban J connectivity index is 0.00000131. The summed E-state index contributed by atoms with van der Waals surface area (Å²) in [5.41, 5.74) is 6.66. The van der Waals surface area contributed by atoms with Crippen LogP contribution in [0.15, 0.2) is 24.3 Å². The van der Waals surface area contributed by atoms with Crippen LogP contribution < -0.4 is 10.5 Å². The summed E-state index contributed by atoms with van der Waals surface area (Å²) in [4.78, 5) is 17.8. The molecule has 4 aliphatic heterocycles. The van der Waals surface area contributed by atoms with Gasteiger partial charge in [-0.25, -0.2) is 0 Å². The third kappa shape index (κ3) is 3.80. The van der Waals surface area contributed by atoms with Gasteiger partial charge in [0, 0.05) is 18.5 Å². The van der Waals surface area contributed by atoms with E-state index in [1.54, 1.807) is 7.11 Å². The lowest BCUT2D eigenvalue weighted by Crippen LogP contribution is -2.63. The lowest BCUT2D eigenvalue weighted by Gasteiger charge is -2.51. The van der Waals surface area contributed by atoms with Crippen molar-refractivity contribution in [2.45, 2.75) is 50.2 Å². The first-order valence-electron chi connectivity index (χ1n) is 9.38. The summed E-state index contributed by atoms with van der Waals surface area (Å²) < 4.78 is 5.30. The van der Waals surface area contributed by atoms with E-state index < -0.39 is 5.54 Å². The van der Waals surface area contributed by atoms with Crippen LogP contribution in [0.25, 0.3) is 0 Å². The van der Waals surface area contributed by atoms with Gasteiger partial charge >= 0.3 is 0 Å². The molecule has 4 fully saturated rings. The number of nitrogens with two attached hydrogens (primary N) is 1. The van der Waals surface area contributed by atoms with Crippen LogP contribution in [0.2, 0.25) is 0 Å². The molecule has 1 aromatic carbocycles. The summed E-state index contributed by atoms with van der Waals surface area (Å²) in [5, 5.41) is 0. The average Bonchev–Trinajstić information content (AvgIpc) is 3.04. The number of carbonyl (C=O) groups excluding carboxylic acids is 1. The molecular formula is C20H31Cl2N3O2. The SMILES string of the molecule is COc1ccc([C@@H]2CN(C(=O)C(C)(C)N)[C@@H]3C4CCN(CC4)[C@@H]32)cc1.Cl.Cl. The van der Waals surface area contributed by atoms with Gasteiger partial charge in [-0.3, -0.25) is 9.69 Å². The molecule has 0 unspecified atom stereocenters. The van der Waals surface area contributed by atoms with E-state index in [0.717, 1.165) is 25.4 Å². The number of piperidine rings is 3. The van der Waals surface area contributed by atoms with Crippen molar-refractivity contribution in [1.82, 2.24) is 9.80 Å². The first-order valence-corrected chi connectivity index (χ1v) is 9.38. The highest BCUT2D eigenvalue weighted by molar-refractivity contribution is 5.86. The molecule has 0 radical (unpaired) electrons. The van der Waals surface area contributed by atoms with Gasteiger partial charge in [-0.15, -0.1) is 24.8 Å². The van der Waals surface area contributed by atoms with Crippen LogP contribution >= 0.6 is 24.8 Å². The molecule has 4 heterocycles. The number of benzene rings is 1. The number of methoxy groups -OCH3 is 1. The molecule has 5 nitrogen and oxygen atoms in total. The van der Waals surface area contributed by atoms with Gasteiger partial charge < -0.3 is 15.4 Å². The number of hydrogen-bond donors (Lipinski definition) is 1. The molecule has 2 N–H and O–H groups in total. The van der Waals surface area contributed by atoms with Crippen LogP contribution in [0.1, 0.15) is 38.2 Å². The van der Waals surface area contributed by atoms with Gasteiger partial charge in [-0.2, -0.15) is 0 Å². The van der Waals surface area contributed by atoms with Crippen molar-refractivity contribution in [3.8, 4) is 5.75 Å². The summed E-state index contributed by atoms with van der Waals surface area (Å²) in [6, 6.07) is 9.10. The molecule has 0 saturated carbocycles. The fraction of sp³-hybridized carbons (Fsp3) is 0.650. The number of carbonyl (C=O) groups is 1. The normalized spacial score (nSPS) is 31.6. The first-order chi connectivity index (χ1) is 11.9. The van der Waals surface area contributed by atoms with Gasteiger partial charge in [0.1, 0.15) is 5.75 Å². The minimum Gasteiger partial charge on any atom is -0.497 e. The van der Waals surface area contributed by atoms with Crippen LogP contribution in [0.3, 0.4) is 0 Å². The second-order valence-electron chi connectivity index (χ2n) is 8.41. The molecule has 1 amide bonds. The van der Waals surface area contributed by atoms with Crippen LogP contribution in [0, 0.1) is 5.92 Å². The van der Waals surface area contributed by atoms with Crippen molar-refractivity contribution in [1.29, 1.82) is 0 Å². The van der Waals surface area contributed by atoms with E-state index in [1.807, 2.05) is 26.0 Å². The Morgan fingerprint density at radius 2 is 1.70 bits per heavy atom. The Morgan fingerprint density at radius 1 is 1.11 bits per heavy atom. The fourth-order valence-electron chi connectivity index (χ4n) is 5.17. The van der Waals surface area contributed by atoms with Gasteiger partial charge in [0.2, 0.25) is 5.91 Å². The Bertz CT molecular complexity index is 654. The van der Waals surface area contributed by atoms with E-state index in [1.165, 1.54) is 18.4 Å². The monoisotopic (exact) mass is 415 g/mol. The van der Waals surface area contributed by atoms with Crippen LogP contribution in [0.5, 0.6) is 5.75 Å². The van der Waals surface area contributed by atoms with Crippen molar-refractivity contribution >= 4 is 30.7 Å². The summed E-state index contributed by atoms with van der Waals surface area (Å²) in [7, 11) is 1.69. The Hall–Kier alpha value is -1.01. The topological polar surface area (TPSA) is 58.8 Å². The highest BCUT2D eigenvalue weighted by Gasteiger charge is 2.55. The quantitative estimate of drug-likeness (QED) is 0.823. The third-order valence-electron chi connectivity index (χ3n) is 6.35. The predicted molar refractivity (Wildman–Crippen MR) is 112 cm³/mol.